The molecule has 2 aromatic heterocycles. The third-order valence-electron chi connectivity index (χ3n) is 5.65. The Hall–Kier alpha value is -3.57. The van der Waals surface area contributed by atoms with Crippen LogP contribution in [0, 0.1) is 0 Å². The molecule has 0 saturated carbocycles. The Bertz CT molecular complexity index is 1170. The smallest absolute Gasteiger partial charge is 0.163 e. The highest BCUT2D eigenvalue weighted by Crippen LogP contribution is 2.28. The number of anilines is 1. The second-order valence-corrected chi connectivity index (χ2v) is 7.73. The first-order valence-electron chi connectivity index (χ1n) is 10.7. The number of hydrogen-bond acceptors (Lipinski definition) is 5. The molecule has 0 aliphatic carbocycles. The van der Waals surface area contributed by atoms with Gasteiger partial charge in [-0.15, -0.1) is 0 Å². The van der Waals surface area contributed by atoms with Crippen LogP contribution in [0.1, 0.15) is 5.56 Å². The van der Waals surface area contributed by atoms with Crippen LogP contribution in [-0.4, -0.2) is 52.6 Å². The van der Waals surface area contributed by atoms with Crippen LogP contribution >= 0.6 is 0 Å². The lowest BCUT2D eigenvalue weighted by Gasteiger charge is -2.35. The number of benzene rings is 2. The van der Waals surface area contributed by atoms with Gasteiger partial charge >= 0.3 is 0 Å². The van der Waals surface area contributed by atoms with E-state index in [0.29, 0.717) is 0 Å². The Morgan fingerprint density at radius 3 is 2.42 bits per heavy atom. The summed E-state index contributed by atoms with van der Waals surface area (Å²) in [4.78, 5) is 18.9. The molecule has 0 bridgehead atoms. The van der Waals surface area contributed by atoms with Gasteiger partial charge in [0.15, 0.2) is 5.82 Å². The maximum atomic E-state index is 4.96. The quantitative estimate of drug-likeness (QED) is 0.486. The normalized spacial score (nSPS) is 15.0. The number of fused-ring (bicyclic) bond motifs is 1. The average Bonchev–Trinajstić information content (AvgIpc) is 2.85. The summed E-state index contributed by atoms with van der Waals surface area (Å²) in [6.07, 6.45) is 8.05. The first kappa shape index (κ1) is 19.4. The summed E-state index contributed by atoms with van der Waals surface area (Å²) in [5.41, 5.74) is 3.16. The number of aromatic nitrogens is 3. The summed E-state index contributed by atoms with van der Waals surface area (Å²) < 4.78 is 0. The fourth-order valence-electron chi connectivity index (χ4n) is 3.97. The van der Waals surface area contributed by atoms with Crippen LogP contribution < -0.4 is 4.90 Å². The molecule has 154 valence electrons. The number of para-hydroxylation sites is 1. The number of pyridine rings is 1. The minimum atomic E-state index is 0.732. The summed E-state index contributed by atoms with van der Waals surface area (Å²) in [7, 11) is 0. The van der Waals surface area contributed by atoms with Crippen molar-refractivity contribution in [1.29, 1.82) is 0 Å². The Balaban J connectivity index is 1.33. The first-order valence-corrected chi connectivity index (χ1v) is 10.7. The first-order chi connectivity index (χ1) is 15.4. The van der Waals surface area contributed by atoms with E-state index in [1.54, 1.807) is 6.20 Å². The van der Waals surface area contributed by atoms with E-state index in [1.165, 1.54) is 5.56 Å². The highest BCUT2D eigenvalue weighted by molar-refractivity contribution is 5.91. The van der Waals surface area contributed by atoms with Gasteiger partial charge in [0.25, 0.3) is 0 Å². The summed E-state index contributed by atoms with van der Waals surface area (Å²) in [6, 6.07) is 22.7. The minimum Gasteiger partial charge on any atom is -0.353 e. The predicted octanol–water partition coefficient (Wildman–Crippen LogP) is 4.53. The zero-order valence-corrected chi connectivity index (χ0v) is 17.4. The Labute approximate surface area is 182 Å². The van der Waals surface area contributed by atoms with Crippen molar-refractivity contribution in [1.82, 2.24) is 19.9 Å². The summed E-state index contributed by atoms with van der Waals surface area (Å²) in [5, 5.41) is 1.10. The average molecular weight is 408 g/mol. The molecule has 1 aliphatic heterocycles. The van der Waals surface area contributed by atoms with E-state index in [1.807, 2.05) is 30.5 Å². The standard InChI is InChI=1S/C26H25N5/c1-2-8-21(9-3-1)10-7-15-30-16-18-31(19-17-30)26-23-12-4-5-13-24(23)28-25(29-26)22-11-6-14-27-20-22/h1-14,20H,15-19H2/b10-7+. The highest BCUT2D eigenvalue weighted by Gasteiger charge is 2.20. The molecule has 1 aliphatic rings. The fraction of sp³-hybridized carbons (Fsp3) is 0.192. The molecule has 0 spiro atoms. The summed E-state index contributed by atoms with van der Waals surface area (Å²) in [5.74, 6) is 1.75. The largest absolute Gasteiger partial charge is 0.353 e. The zero-order valence-electron chi connectivity index (χ0n) is 17.4. The van der Waals surface area contributed by atoms with Crippen molar-refractivity contribution in [3.05, 3.63) is 90.8 Å². The molecular weight excluding hydrogens is 382 g/mol. The molecule has 0 radical (unpaired) electrons. The molecule has 5 rings (SSSR count). The number of piperazine rings is 1. The zero-order chi connectivity index (χ0) is 20.9. The van der Waals surface area contributed by atoms with Crippen molar-refractivity contribution in [2.75, 3.05) is 37.6 Å². The molecule has 5 nitrogen and oxygen atoms in total. The Kier molecular flexibility index (Phi) is 5.67. The molecule has 2 aromatic carbocycles. The molecule has 0 unspecified atom stereocenters. The van der Waals surface area contributed by atoms with E-state index in [4.69, 9.17) is 9.97 Å². The molecular formula is C26H25N5. The lowest BCUT2D eigenvalue weighted by molar-refractivity contribution is 0.284. The van der Waals surface area contributed by atoms with Gasteiger partial charge in [-0.3, -0.25) is 9.88 Å². The van der Waals surface area contributed by atoms with E-state index >= 15 is 0 Å². The van der Waals surface area contributed by atoms with Gasteiger partial charge in [-0.05, 0) is 29.8 Å². The van der Waals surface area contributed by atoms with Gasteiger partial charge in [-0.1, -0.05) is 54.6 Å². The molecule has 0 amide bonds. The van der Waals surface area contributed by atoms with E-state index < -0.39 is 0 Å². The number of nitrogens with zero attached hydrogens (tertiary/aromatic N) is 5. The molecule has 0 atom stereocenters. The van der Waals surface area contributed by atoms with Crippen LogP contribution in [0.4, 0.5) is 5.82 Å². The van der Waals surface area contributed by atoms with Gasteiger partial charge in [-0.2, -0.15) is 0 Å². The molecule has 1 saturated heterocycles. The van der Waals surface area contributed by atoms with Crippen molar-refractivity contribution in [2.45, 2.75) is 0 Å². The molecule has 5 heteroatoms. The topological polar surface area (TPSA) is 45.2 Å². The third kappa shape index (κ3) is 4.47. The van der Waals surface area contributed by atoms with Gasteiger partial charge in [0, 0.05) is 56.1 Å². The maximum Gasteiger partial charge on any atom is 0.163 e. The van der Waals surface area contributed by atoms with E-state index in [-0.39, 0.29) is 0 Å². The van der Waals surface area contributed by atoms with E-state index in [0.717, 1.165) is 60.8 Å². The fourth-order valence-corrected chi connectivity index (χ4v) is 3.97. The lowest BCUT2D eigenvalue weighted by Crippen LogP contribution is -2.46. The van der Waals surface area contributed by atoms with E-state index in [9.17, 15) is 0 Å². The van der Waals surface area contributed by atoms with E-state index in [2.05, 4.69) is 69.4 Å². The van der Waals surface area contributed by atoms with Gasteiger partial charge in [0.2, 0.25) is 0 Å². The minimum absolute atomic E-state index is 0.732. The van der Waals surface area contributed by atoms with Crippen molar-refractivity contribution in [3.63, 3.8) is 0 Å². The molecule has 4 aromatic rings. The highest BCUT2D eigenvalue weighted by atomic mass is 15.3. The van der Waals surface area contributed by atoms with Crippen LogP contribution in [0.15, 0.2) is 85.2 Å². The van der Waals surface area contributed by atoms with Crippen LogP contribution in [-0.2, 0) is 0 Å². The second-order valence-electron chi connectivity index (χ2n) is 7.73. The molecule has 3 heterocycles. The van der Waals surface area contributed by atoms with Crippen LogP contribution in [0.3, 0.4) is 0 Å². The van der Waals surface area contributed by atoms with Crippen molar-refractivity contribution >= 4 is 22.8 Å². The monoisotopic (exact) mass is 407 g/mol. The van der Waals surface area contributed by atoms with Crippen LogP contribution in [0.25, 0.3) is 28.4 Å². The summed E-state index contributed by atoms with van der Waals surface area (Å²) in [6.45, 7) is 4.90. The SMILES string of the molecule is C(=C\c1ccccc1)/CN1CCN(c2nc(-c3cccnc3)nc3ccccc23)CC1. The van der Waals surface area contributed by atoms with Gasteiger partial charge in [-0.25, -0.2) is 9.97 Å². The van der Waals surface area contributed by atoms with Crippen molar-refractivity contribution in [3.8, 4) is 11.4 Å². The summed E-state index contributed by atoms with van der Waals surface area (Å²) >= 11 is 0. The maximum absolute atomic E-state index is 4.96. The Morgan fingerprint density at radius 1 is 0.806 bits per heavy atom. The number of hydrogen-bond donors (Lipinski definition) is 0. The molecule has 1 fully saturated rings. The van der Waals surface area contributed by atoms with Crippen LogP contribution in [0.5, 0.6) is 0 Å². The van der Waals surface area contributed by atoms with Gasteiger partial charge < -0.3 is 4.90 Å². The van der Waals surface area contributed by atoms with Gasteiger partial charge in [0.1, 0.15) is 5.82 Å². The van der Waals surface area contributed by atoms with Crippen molar-refractivity contribution < 1.29 is 0 Å². The lowest BCUT2D eigenvalue weighted by atomic mass is 10.2. The third-order valence-corrected chi connectivity index (χ3v) is 5.65. The predicted molar refractivity (Wildman–Crippen MR) is 127 cm³/mol. The molecule has 31 heavy (non-hydrogen) atoms. The Morgan fingerprint density at radius 2 is 1.61 bits per heavy atom. The second kappa shape index (κ2) is 9.06. The van der Waals surface area contributed by atoms with Crippen LogP contribution in [0.2, 0.25) is 0 Å². The van der Waals surface area contributed by atoms with Gasteiger partial charge in [0.05, 0.1) is 5.52 Å². The molecule has 0 N–H and O–H groups in total. The van der Waals surface area contributed by atoms with Crippen molar-refractivity contribution in [2.24, 2.45) is 0 Å². The number of rotatable bonds is 5.